The van der Waals surface area contributed by atoms with Gasteiger partial charge in [-0.05, 0) is 37.1 Å². The lowest BCUT2D eigenvalue weighted by atomic mass is 9.86. The molecule has 2 amide bonds. The van der Waals surface area contributed by atoms with E-state index in [4.69, 9.17) is 0 Å². The SMILES string of the molecule is O=C(CCC(=O)N1CCN(c2ccc(F)cc2)CC1)Nc1nnc(C2CCC2)s1. The van der Waals surface area contributed by atoms with E-state index in [1.165, 1.54) is 29.9 Å². The lowest BCUT2D eigenvalue weighted by Crippen LogP contribution is -2.48. The fourth-order valence-electron chi connectivity index (χ4n) is 3.53. The average Bonchev–Trinajstić information content (AvgIpc) is 3.13. The Bertz CT molecular complexity index is 860. The number of hydrogen-bond donors (Lipinski definition) is 1. The fourth-order valence-corrected chi connectivity index (χ4v) is 4.46. The predicted molar refractivity (Wildman–Crippen MR) is 110 cm³/mol. The number of rotatable bonds is 6. The second kappa shape index (κ2) is 8.86. The molecule has 2 aromatic rings. The number of nitrogens with one attached hydrogen (secondary N) is 1. The fraction of sp³-hybridized carbons (Fsp3) is 0.500. The minimum absolute atomic E-state index is 0.0219. The van der Waals surface area contributed by atoms with Crippen molar-refractivity contribution in [2.24, 2.45) is 0 Å². The van der Waals surface area contributed by atoms with Gasteiger partial charge in [0.1, 0.15) is 10.8 Å². The van der Waals surface area contributed by atoms with E-state index in [0.29, 0.717) is 37.2 Å². The van der Waals surface area contributed by atoms with Crippen molar-refractivity contribution in [2.45, 2.75) is 38.0 Å². The van der Waals surface area contributed by atoms with Crippen molar-refractivity contribution in [3.05, 3.63) is 35.1 Å². The van der Waals surface area contributed by atoms with Crippen LogP contribution >= 0.6 is 11.3 Å². The molecule has 0 spiro atoms. The molecule has 0 atom stereocenters. The summed E-state index contributed by atoms with van der Waals surface area (Å²) in [6.07, 6.45) is 3.83. The zero-order chi connectivity index (χ0) is 20.2. The topological polar surface area (TPSA) is 78.4 Å². The number of anilines is 2. The standard InChI is InChI=1S/C20H24FN5O2S/c21-15-4-6-16(7-5-15)25-10-12-26(13-11-25)18(28)9-8-17(27)22-20-24-23-19(29-20)14-2-1-3-14/h4-7,14H,1-3,8-13H2,(H,22,24,27). The van der Waals surface area contributed by atoms with Gasteiger partial charge in [-0.15, -0.1) is 10.2 Å². The second-order valence-electron chi connectivity index (χ2n) is 7.47. The second-order valence-corrected chi connectivity index (χ2v) is 8.47. The van der Waals surface area contributed by atoms with E-state index in [0.717, 1.165) is 23.5 Å². The highest BCUT2D eigenvalue weighted by molar-refractivity contribution is 7.15. The molecule has 2 fully saturated rings. The van der Waals surface area contributed by atoms with E-state index in [2.05, 4.69) is 20.4 Å². The molecule has 7 nitrogen and oxygen atoms in total. The first-order chi connectivity index (χ1) is 14.1. The molecule has 0 radical (unpaired) electrons. The van der Waals surface area contributed by atoms with Crippen LogP contribution in [0.15, 0.2) is 24.3 Å². The Kier molecular flexibility index (Phi) is 6.03. The zero-order valence-corrected chi connectivity index (χ0v) is 17.0. The predicted octanol–water partition coefficient (Wildman–Crippen LogP) is 3.01. The van der Waals surface area contributed by atoms with Crippen LogP contribution in [0.25, 0.3) is 0 Å². The number of carbonyl (C=O) groups excluding carboxylic acids is 2. The summed E-state index contributed by atoms with van der Waals surface area (Å²) in [5, 5.41) is 12.4. The maximum absolute atomic E-state index is 13.1. The van der Waals surface area contributed by atoms with Crippen molar-refractivity contribution in [3.63, 3.8) is 0 Å². The van der Waals surface area contributed by atoms with Crippen LogP contribution in [-0.4, -0.2) is 53.1 Å². The van der Waals surface area contributed by atoms with Crippen molar-refractivity contribution in [1.82, 2.24) is 15.1 Å². The van der Waals surface area contributed by atoms with Crippen LogP contribution in [0.5, 0.6) is 0 Å². The minimum Gasteiger partial charge on any atom is -0.368 e. The normalized spacial score (nSPS) is 17.1. The molecule has 0 bridgehead atoms. The number of halogens is 1. The number of amides is 2. The van der Waals surface area contributed by atoms with Crippen molar-refractivity contribution in [2.75, 3.05) is 36.4 Å². The highest BCUT2D eigenvalue weighted by Gasteiger charge is 2.24. The molecule has 1 aliphatic heterocycles. The maximum Gasteiger partial charge on any atom is 0.226 e. The zero-order valence-electron chi connectivity index (χ0n) is 16.1. The third kappa shape index (κ3) is 4.90. The quantitative estimate of drug-likeness (QED) is 0.782. The van der Waals surface area contributed by atoms with E-state index in [9.17, 15) is 14.0 Å². The molecule has 29 heavy (non-hydrogen) atoms. The molecule has 1 aliphatic carbocycles. The van der Waals surface area contributed by atoms with Crippen molar-refractivity contribution in [3.8, 4) is 0 Å². The highest BCUT2D eigenvalue weighted by atomic mass is 32.1. The van der Waals surface area contributed by atoms with Gasteiger partial charge in [0.05, 0.1) is 0 Å². The van der Waals surface area contributed by atoms with Crippen LogP contribution in [0.1, 0.15) is 43.0 Å². The van der Waals surface area contributed by atoms with Gasteiger partial charge in [0, 0.05) is 50.6 Å². The molecule has 1 N–H and O–H groups in total. The lowest BCUT2D eigenvalue weighted by molar-refractivity contribution is -0.133. The number of carbonyl (C=O) groups is 2. The number of benzene rings is 1. The Balaban J connectivity index is 1.19. The van der Waals surface area contributed by atoms with Crippen LogP contribution in [-0.2, 0) is 9.59 Å². The van der Waals surface area contributed by atoms with Crippen molar-refractivity contribution >= 4 is 34.0 Å². The van der Waals surface area contributed by atoms with Crippen LogP contribution in [0.4, 0.5) is 15.2 Å². The number of nitrogens with zero attached hydrogens (tertiary/aromatic N) is 4. The summed E-state index contributed by atoms with van der Waals surface area (Å²) in [4.78, 5) is 28.5. The van der Waals surface area contributed by atoms with Crippen LogP contribution in [0.2, 0.25) is 0 Å². The highest BCUT2D eigenvalue weighted by Crippen LogP contribution is 2.38. The van der Waals surface area contributed by atoms with Crippen LogP contribution in [0, 0.1) is 5.82 Å². The summed E-state index contributed by atoms with van der Waals surface area (Å²) in [5.74, 6) is 0.00729. The molecular formula is C20H24FN5O2S. The Labute approximate surface area is 172 Å². The molecule has 154 valence electrons. The van der Waals surface area contributed by atoms with E-state index in [1.54, 1.807) is 17.0 Å². The molecule has 9 heteroatoms. The smallest absolute Gasteiger partial charge is 0.226 e. The van der Waals surface area contributed by atoms with Crippen LogP contribution in [0.3, 0.4) is 0 Å². The molecule has 2 aliphatic rings. The number of hydrogen-bond acceptors (Lipinski definition) is 6. The van der Waals surface area contributed by atoms with Crippen LogP contribution < -0.4 is 10.2 Å². The molecule has 0 unspecified atom stereocenters. The molecule has 4 rings (SSSR count). The third-order valence-electron chi connectivity index (χ3n) is 5.53. The van der Waals surface area contributed by atoms with Gasteiger partial charge in [-0.3, -0.25) is 9.59 Å². The lowest BCUT2D eigenvalue weighted by Gasteiger charge is -2.36. The van der Waals surface area contributed by atoms with E-state index >= 15 is 0 Å². The molecule has 1 aromatic heterocycles. The third-order valence-corrected chi connectivity index (χ3v) is 6.53. The summed E-state index contributed by atoms with van der Waals surface area (Å²) in [6, 6.07) is 6.39. The Morgan fingerprint density at radius 2 is 1.79 bits per heavy atom. The van der Waals surface area contributed by atoms with Gasteiger partial charge in [0.2, 0.25) is 16.9 Å². The molecule has 2 heterocycles. The Morgan fingerprint density at radius 3 is 2.45 bits per heavy atom. The molecule has 1 saturated heterocycles. The Morgan fingerprint density at radius 1 is 1.07 bits per heavy atom. The summed E-state index contributed by atoms with van der Waals surface area (Å²) in [7, 11) is 0. The number of piperazine rings is 1. The van der Waals surface area contributed by atoms with Gasteiger partial charge in [-0.2, -0.15) is 0 Å². The first-order valence-corrected chi connectivity index (χ1v) is 10.8. The maximum atomic E-state index is 13.1. The molecular weight excluding hydrogens is 393 g/mol. The van der Waals surface area contributed by atoms with Gasteiger partial charge in [-0.25, -0.2) is 4.39 Å². The van der Waals surface area contributed by atoms with E-state index in [-0.39, 0.29) is 30.5 Å². The van der Waals surface area contributed by atoms with Gasteiger partial charge in [-0.1, -0.05) is 17.8 Å². The van der Waals surface area contributed by atoms with Crippen molar-refractivity contribution < 1.29 is 14.0 Å². The first-order valence-electron chi connectivity index (χ1n) is 10.00. The molecule has 1 saturated carbocycles. The molecule has 1 aromatic carbocycles. The van der Waals surface area contributed by atoms with Gasteiger partial charge >= 0.3 is 0 Å². The monoisotopic (exact) mass is 417 g/mol. The van der Waals surface area contributed by atoms with E-state index < -0.39 is 0 Å². The van der Waals surface area contributed by atoms with E-state index in [1.807, 2.05) is 0 Å². The Hall–Kier alpha value is -2.55. The number of aromatic nitrogens is 2. The van der Waals surface area contributed by atoms with Gasteiger partial charge < -0.3 is 15.1 Å². The summed E-state index contributed by atoms with van der Waals surface area (Å²) in [5.41, 5.74) is 0.955. The first kappa shape index (κ1) is 19.8. The minimum atomic E-state index is -0.256. The summed E-state index contributed by atoms with van der Waals surface area (Å²) in [6.45, 7) is 2.58. The largest absolute Gasteiger partial charge is 0.368 e. The van der Waals surface area contributed by atoms with Gasteiger partial charge in [0.25, 0.3) is 0 Å². The van der Waals surface area contributed by atoms with Crippen molar-refractivity contribution in [1.29, 1.82) is 0 Å². The summed E-state index contributed by atoms with van der Waals surface area (Å²) >= 11 is 1.43. The average molecular weight is 418 g/mol. The van der Waals surface area contributed by atoms with Gasteiger partial charge in [0.15, 0.2) is 0 Å². The summed E-state index contributed by atoms with van der Waals surface area (Å²) < 4.78 is 13.1.